The van der Waals surface area contributed by atoms with Gasteiger partial charge in [-0.15, -0.1) is 0 Å². The highest BCUT2D eigenvalue weighted by Gasteiger charge is 2.11. The molecule has 0 aliphatic heterocycles. The SMILES string of the molecule is CC(C)Nc1ncc(C(=O)Nc2ccc(F)cc2F)cn1. The van der Waals surface area contributed by atoms with Gasteiger partial charge in [-0.3, -0.25) is 4.79 Å². The van der Waals surface area contributed by atoms with Crippen LogP contribution in [0.4, 0.5) is 20.4 Å². The van der Waals surface area contributed by atoms with E-state index < -0.39 is 17.5 Å². The van der Waals surface area contributed by atoms with Crippen LogP contribution in [0.2, 0.25) is 0 Å². The summed E-state index contributed by atoms with van der Waals surface area (Å²) < 4.78 is 26.2. The van der Waals surface area contributed by atoms with Crippen molar-refractivity contribution in [2.45, 2.75) is 19.9 Å². The van der Waals surface area contributed by atoms with E-state index in [2.05, 4.69) is 20.6 Å². The zero-order valence-electron chi connectivity index (χ0n) is 11.5. The van der Waals surface area contributed by atoms with Crippen LogP contribution >= 0.6 is 0 Å². The number of aromatic nitrogens is 2. The van der Waals surface area contributed by atoms with Gasteiger partial charge in [-0.05, 0) is 26.0 Å². The van der Waals surface area contributed by atoms with Crippen molar-refractivity contribution >= 4 is 17.5 Å². The Bertz CT molecular complexity index is 644. The summed E-state index contributed by atoms with van der Waals surface area (Å²) in [7, 11) is 0. The number of anilines is 2. The maximum Gasteiger partial charge on any atom is 0.258 e. The highest BCUT2D eigenvalue weighted by Crippen LogP contribution is 2.16. The molecular formula is C14H14F2N4O. The Balaban J connectivity index is 2.09. The largest absolute Gasteiger partial charge is 0.352 e. The van der Waals surface area contributed by atoms with Crippen LogP contribution < -0.4 is 10.6 Å². The van der Waals surface area contributed by atoms with Crippen molar-refractivity contribution in [2.24, 2.45) is 0 Å². The highest BCUT2D eigenvalue weighted by atomic mass is 19.1. The number of carbonyl (C=O) groups excluding carboxylic acids is 1. The Kier molecular flexibility index (Phi) is 4.42. The molecule has 1 heterocycles. The Hall–Kier alpha value is -2.57. The van der Waals surface area contributed by atoms with Gasteiger partial charge in [0.15, 0.2) is 0 Å². The van der Waals surface area contributed by atoms with Crippen LogP contribution in [-0.2, 0) is 0 Å². The molecule has 0 aliphatic carbocycles. The first kappa shape index (κ1) is 14.8. The van der Waals surface area contributed by atoms with E-state index in [1.807, 2.05) is 13.8 Å². The standard InChI is InChI=1S/C14H14F2N4O/c1-8(2)19-14-17-6-9(7-18-14)13(21)20-12-4-3-10(15)5-11(12)16/h3-8H,1-2H3,(H,20,21)(H,17,18,19). The monoisotopic (exact) mass is 292 g/mol. The average Bonchev–Trinajstić information content (AvgIpc) is 2.42. The van der Waals surface area contributed by atoms with Gasteiger partial charge in [-0.2, -0.15) is 0 Å². The molecule has 21 heavy (non-hydrogen) atoms. The van der Waals surface area contributed by atoms with Crippen molar-refractivity contribution in [2.75, 3.05) is 10.6 Å². The topological polar surface area (TPSA) is 66.9 Å². The lowest BCUT2D eigenvalue weighted by molar-refractivity contribution is 0.102. The molecule has 2 rings (SSSR count). The van der Waals surface area contributed by atoms with Crippen molar-refractivity contribution in [1.82, 2.24) is 9.97 Å². The van der Waals surface area contributed by atoms with Gasteiger partial charge in [-0.1, -0.05) is 0 Å². The van der Waals surface area contributed by atoms with E-state index in [0.29, 0.717) is 12.0 Å². The molecule has 0 radical (unpaired) electrons. The molecule has 0 unspecified atom stereocenters. The Morgan fingerprint density at radius 2 is 1.86 bits per heavy atom. The maximum atomic E-state index is 13.4. The van der Waals surface area contributed by atoms with Gasteiger partial charge in [0.2, 0.25) is 5.95 Å². The first-order chi connectivity index (χ1) is 9.95. The van der Waals surface area contributed by atoms with Crippen molar-refractivity contribution in [3.63, 3.8) is 0 Å². The van der Waals surface area contributed by atoms with Crippen molar-refractivity contribution in [1.29, 1.82) is 0 Å². The summed E-state index contributed by atoms with van der Waals surface area (Å²) in [4.78, 5) is 19.9. The maximum absolute atomic E-state index is 13.4. The van der Waals surface area contributed by atoms with Gasteiger partial charge < -0.3 is 10.6 Å². The molecule has 0 bridgehead atoms. The number of benzene rings is 1. The van der Waals surface area contributed by atoms with Crippen molar-refractivity contribution in [3.05, 3.63) is 47.8 Å². The number of carbonyl (C=O) groups is 1. The average molecular weight is 292 g/mol. The molecule has 0 aliphatic rings. The smallest absolute Gasteiger partial charge is 0.258 e. The lowest BCUT2D eigenvalue weighted by Crippen LogP contribution is -2.16. The predicted octanol–water partition coefficient (Wildman–Crippen LogP) is 2.83. The molecule has 2 aromatic rings. The van der Waals surface area contributed by atoms with Crippen LogP contribution in [0.1, 0.15) is 24.2 Å². The highest BCUT2D eigenvalue weighted by molar-refractivity contribution is 6.03. The molecule has 110 valence electrons. The van der Waals surface area contributed by atoms with Crippen LogP contribution in [0.3, 0.4) is 0 Å². The van der Waals surface area contributed by atoms with Crippen molar-refractivity contribution < 1.29 is 13.6 Å². The third kappa shape index (κ3) is 3.95. The number of hydrogen-bond acceptors (Lipinski definition) is 4. The van der Waals surface area contributed by atoms with Gasteiger partial charge in [0, 0.05) is 24.5 Å². The molecule has 0 saturated heterocycles. The minimum atomic E-state index is -0.845. The summed E-state index contributed by atoms with van der Waals surface area (Å²) >= 11 is 0. The number of amides is 1. The van der Waals surface area contributed by atoms with Crippen LogP contribution in [0.25, 0.3) is 0 Å². The van der Waals surface area contributed by atoms with Gasteiger partial charge in [0.05, 0.1) is 11.3 Å². The molecule has 1 amide bonds. The van der Waals surface area contributed by atoms with Gasteiger partial charge in [-0.25, -0.2) is 18.7 Å². The fraction of sp³-hybridized carbons (Fsp3) is 0.214. The minimum Gasteiger partial charge on any atom is -0.352 e. The Labute approximate surface area is 120 Å². The van der Waals surface area contributed by atoms with Crippen molar-refractivity contribution in [3.8, 4) is 0 Å². The van der Waals surface area contributed by atoms with E-state index in [9.17, 15) is 13.6 Å². The summed E-state index contributed by atoms with van der Waals surface area (Å²) in [5.74, 6) is -1.73. The predicted molar refractivity (Wildman–Crippen MR) is 75.1 cm³/mol. The summed E-state index contributed by atoms with van der Waals surface area (Å²) in [6.07, 6.45) is 2.66. The van der Waals surface area contributed by atoms with Gasteiger partial charge >= 0.3 is 0 Å². The fourth-order valence-corrected chi connectivity index (χ4v) is 1.56. The van der Waals surface area contributed by atoms with Gasteiger partial charge in [0.25, 0.3) is 5.91 Å². The van der Waals surface area contributed by atoms with E-state index in [-0.39, 0.29) is 17.3 Å². The third-order valence-electron chi connectivity index (χ3n) is 2.51. The number of hydrogen-bond donors (Lipinski definition) is 2. The van der Waals surface area contributed by atoms with Crippen LogP contribution in [0.5, 0.6) is 0 Å². The normalized spacial score (nSPS) is 10.5. The summed E-state index contributed by atoms with van der Waals surface area (Å²) in [6.45, 7) is 3.86. The second kappa shape index (κ2) is 6.25. The lowest BCUT2D eigenvalue weighted by atomic mass is 10.2. The second-order valence-corrected chi connectivity index (χ2v) is 4.67. The Morgan fingerprint density at radius 3 is 2.43 bits per heavy atom. The summed E-state index contributed by atoms with van der Waals surface area (Å²) in [5.41, 5.74) is 0.0683. The quantitative estimate of drug-likeness (QED) is 0.909. The molecule has 2 N–H and O–H groups in total. The van der Waals surface area contributed by atoms with Crippen LogP contribution in [-0.4, -0.2) is 21.9 Å². The fourth-order valence-electron chi connectivity index (χ4n) is 1.56. The van der Waals surface area contributed by atoms with E-state index in [0.717, 1.165) is 12.1 Å². The molecule has 0 saturated carbocycles. The number of rotatable bonds is 4. The zero-order chi connectivity index (χ0) is 15.4. The van der Waals surface area contributed by atoms with E-state index in [1.54, 1.807) is 0 Å². The number of halogens is 2. The van der Waals surface area contributed by atoms with E-state index in [1.165, 1.54) is 12.4 Å². The first-order valence-electron chi connectivity index (χ1n) is 6.30. The molecule has 5 nitrogen and oxygen atoms in total. The molecule has 0 spiro atoms. The second-order valence-electron chi connectivity index (χ2n) is 4.67. The summed E-state index contributed by atoms with van der Waals surface area (Å²) in [6, 6.07) is 3.07. The molecule has 0 fully saturated rings. The van der Waals surface area contributed by atoms with Gasteiger partial charge in [0.1, 0.15) is 11.6 Å². The minimum absolute atomic E-state index is 0.106. The molecule has 1 aromatic carbocycles. The summed E-state index contributed by atoms with van der Waals surface area (Å²) in [5, 5.41) is 5.31. The van der Waals surface area contributed by atoms with Crippen LogP contribution in [0, 0.1) is 11.6 Å². The molecular weight excluding hydrogens is 278 g/mol. The molecule has 1 aromatic heterocycles. The third-order valence-corrected chi connectivity index (χ3v) is 2.51. The number of nitrogens with zero attached hydrogens (tertiary/aromatic N) is 2. The zero-order valence-corrected chi connectivity index (χ0v) is 11.5. The Morgan fingerprint density at radius 1 is 1.19 bits per heavy atom. The first-order valence-corrected chi connectivity index (χ1v) is 6.30. The molecule has 0 atom stereocenters. The van der Waals surface area contributed by atoms with Crippen LogP contribution in [0.15, 0.2) is 30.6 Å². The van der Waals surface area contributed by atoms with E-state index >= 15 is 0 Å². The lowest BCUT2D eigenvalue weighted by Gasteiger charge is -2.09. The molecule has 7 heteroatoms. The number of nitrogens with one attached hydrogen (secondary N) is 2. The van der Waals surface area contributed by atoms with E-state index in [4.69, 9.17) is 0 Å².